The Kier molecular flexibility index (Phi) is 6.29. The van der Waals surface area contributed by atoms with Crippen molar-refractivity contribution in [1.29, 1.82) is 0 Å². The fourth-order valence-corrected chi connectivity index (χ4v) is 4.08. The third kappa shape index (κ3) is 4.26. The van der Waals surface area contributed by atoms with Gasteiger partial charge in [0, 0.05) is 25.8 Å². The van der Waals surface area contributed by atoms with Crippen LogP contribution in [0.2, 0.25) is 0 Å². The number of hydrogen-bond acceptors (Lipinski definition) is 6. The van der Waals surface area contributed by atoms with E-state index in [1.807, 2.05) is 50.2 Å². The lowest BCUT2D eigenvalue weighted by Crippen LogP contribution is -2.09. The van der Waals surface area contributed by atoms with Crippen LogP contribution >= 0.6 is 11.3 Å². The van der Waals surface area contributed by atoms with Gasteiger partial charge < -0.3 is 19.5 Å². The number of nitrogens with zero attached hydrogens (tertiary/aromatic N) is 2. The van der Waals surface area contributed by atoms with Gasteiger partial charge in [-0.3, -0.25) is 0 Å². The van der Waals surface area contributed by atoms with Gasteiger partial charge in [-0.05, 0) is 38.3 Å². The summed E-state index contributed by atoms with van der Waals surface area (Å²) < 4.78 is 11.4. The van der Waals surface area contributed by atoms with Gasteiger partial charge in [-0.25, -0.2) is 4.98 Å². The van der Waals surface area contributed by atoms with Gasteiger partial charge in [0.1, 0.15) is 10.8 Å². The highest BCUT2D eigenvalue weighted by Gasteiger charge is 2.24. The van der Waals surface area contributed by atoms with Crippen molar-refractivity contribution in [1.82, 2.24) is 4.98 Å². The summed E-state index contributed by atoms with van der Waals surface area (Å²) in [6.45, 7) is 2.67. The zero-order valence-corrected chi connectivity index (χ0v) is 16.4. The first kappa shape index (κ1) is 18.9. The summed E-state index contributed by atoms with van der Waals surface area (Å²) in [6.07, 6.45) is 6.23. The smallest absolute Gasteiger partial charge is 0.189 e. The van der Waals surface area contributed by atoms with E-state index in [9.17, 15) is 5.11 Å². The summed E-state index contributed by atoms with van der Waals surface area (Å²) in [5.74, 6) is 0.747. The van der Waals surface area contributed by atoms with E-state index in [4.69, 9.17) is 14.5 Å². The maximum absolute atomic E-state index is 10.2. The van der Waals surface area contributed by atoms with Crippen molar-refractivity contribution in [3.05, 3.63) is 40.9 Å². The number of allylic oxidation sites excluding steroid dienone is 1. The van der Waals surface area contributed by atoms with E-state index < -0.39 is 0 Å². The van der Waals surface area contributed by atoms with Crippen molar-refractivity contribution in [3.8, 4) is 16.3 Å². The minimum absolute atomic E-state index is 0.182. The van der Waals surface area contributed by atoms with Crippen molar-refractivity contribution in [2.45, 2.75) is 32.3 Å². The summed E-state index contributed by atoms with van der Waals surface area (Å²) in [4.78, 5) is 7.81. The van der Waals surface area contributed by atoms with Crippen LogP contribution in [0.3, 0.4) is 0 Å². The predicted octanol–water partition coefficient (Wildman–Crippen LogP) is 4.17. The molecular weight excluding hydrogens is 348 g/mol. The SMILES string of the molecule is C/C=C/COCOc1cc(N(C)C)ccc1-c1nc2c(s1)C(O)CCC2. The average molecular weight is 375 g/mol. The van der Waals surface area contributed by atoms with E-state index in [2.05, 4.69) is 6.07 Å². The molecule has 26 heavy (non-hydrogen) atoms. The molecule has 5 nitrogen and oxygen atoms in total. The second-order valence-electron chi connectivity index (χ2n) is 6.51. The molecule has 1 atom stereocenters. The lowest BCUT2D eigenvalue weighted by atomic mass is 10.0. The number of aliphatic hydroxyl groups excluding tert-OH is 1. The van der Waals surface area contributed by atoms with Crippen molar-refractivity contribution in [2.24, 2.45) is 0 Å². The minimum Gasteiger partial charge on any atom is -0.467 e. The molecule has 0 radical (unpaired) electrons. The van der Waals surface area contributed by atoms with Gasteiger partial charge in [0.2, 0.25) is 0 Å². The molecule has 1 unspecified atom stereocenters. The van der Waals surface area contributed by atoms with Crippen LogP contribution in [-0.4, -0.2) is 37.6 Å². The lowest BCUT2D eigenvalue weighted by Gasteiger charge is -2.16. The zero-order chi connectivity index (χ0) is 18.5. The number of rotatable bonds is 7. The normalized spacial score (nSPS) is 16.7. The van der Waals surface area contributed by atoms with Crippen molar-refractivity contribution in [2.75, 3.05) is 32.4 Å². The Labute approximate surface area is 158 Å². The highest BCUT2D eigenvalue weighted by atomic mass is 32.1. The molecule has 0 fully saturated rings. The largest absolute Gasteiger partial charge is 0.467 e. The molecular formula is C20H26N2O3S. The molecule has 1 N–H and O–H groups in total. The number of fused-ring (bicyclic) bond motifs is 1. The first-order valence-corrected chi connectivity index (χ1v) is 9.73. The molecule has 140 valence electrons. The second-order valence-corrected chi connectivity index (χ2v) is 7.55. The monoisotopic (exact) mass is 374 g/mol. The Morgan fingerprint density at radius 2 is 2.23 bits per heavy atom. The van der Waals surface area contributed by atoms with Gasteiger partial charge in [0.05, 0.1) is 28.8 Å². The number of hydrogen-bond donors (Lipinski definition) is 1. The fourth-order valence-electron chi connectivity index (χ4n) is 2.91. The van der Waals surface area contributed by atoms with E-state index in [0.717, 1.165) is 51.8 Å². The number of ether oxygens (including phenoxy) is 2. The van der Waals surface area contributed by atoms with E-state index in [1.165, 1.54) is 0 Å². The van der Waals surface area contributed by atoms with E-state index >= 15 is 0 Å². The number of anilines is 1. The number of thiazole rings is 1. The van der Waals surface area contributed by atoms with Crippen LogP contribution in [0.25, 0.3) is 10.6 Å². The van der Waals surface area contributed by atoms with Gasteiger partial charge in [-0.1, -0.05) is 12.2 Å². The third-order valence-electron chi connectivity index (χ3n) is 4.38. The topological polar surface area (TPSA) is 54.8 Å². The van der Waals surface area contributed by atoms with Crippen LogP contribution in [0.15, 0.2) is 30.4 Å². The number of aromatic nitrogens is 1. The molecule has 6 heteroatoms. The summed E-state index contributed by atoms with van der Waals surface area (Å²) >= 11 is 1.57. The molecule has 2 aromatic rings. The van der Waals surface area contributed by atoms with Gasteiger partial charge in [-0.15, -0.1) is 11.3 Å². The molecule has 0 saturated heterocycles. The van der Waals surface area contributed by atoms with E-state index in [1.54, 1.807) is 11.3 Å². The molecule has 1 aromatic heterocycles. The van der Waals surface area contributed by atoms with Crippen LogP contribution in [-0.2, 0) is 11.2 Å². The van der Waals surface area contributed by atoms with Crippen molar-refractivity contribution >= 4 is 17.0 Å². The minimum atomic E-state index is -0.389. The summed E-state index contributed by atoms with van der Waals surface area (Å²) in [5, 5.41) is 11.1. The first-order chi connectivity index (χ1) is 12.6. The molecule has 1 aliphatic carbocycles. The highest BCUT2D eigenvalue weighted by Crippen LogP contribution is 2.41. The standard InChI is InChI=1S/C20H26N2O3S/c1-4-5-11-24-13-25-18-12-14(22(2)3)9-10-15(18)20-21-16-7-6-8-17(23)19(16)26-20/h4-5,9-10,12,17,23H,6-8,11,13H2,1-3H3/b5-4+. The first-order valence-electron chi connectivity index (χ1n) is 8.91. The molecule has 3 rings (SSSR count). The molecule has 1 aliphatic rings. The summed E-state index contributed by atoms with van der Waals surface area (Å²) in [6, 6.07) is 6.10. The van der Waals surface area contributed by atoms with Crippen LogP contribution in [0.5, 0.6) is 5.75 Å². The Hall–Kier alpha value is -1.89. The van der Waals surface area contributed by atoms with E-state index in [-0.39, 0.29) is 12.9 Å². The predicted molar refractivity (Wildman–Crippen MR) is 106 cm³/mol. The highest BCUT2D eigenvalue weighted by molar-refractivity contribution is 7.15. The zero-order valence-electron chi connectivity index (χ0n) is 15.6. The van der Waals surface area contributed by atoms with Crippen LogP contribution in [0.4, 0.5) is 5.69 Å². The number of aryl methyl sites for hydroxylation is 1. The molecule has 1 heterocycles. The molecule has 0 bridgehead atoms. The lowest BCUT2D eigenvalue weighted by molar-refractivity contribution is 0.0310. The number of aliphatic hydroxyl groups is 1. The quantitative estimate of drug-likeness (QED) is 0.448. The van der Waals surface area contributed by atoms with Gasteiger partial charge in [0.15, 0.2) is 6.79 Å². The Balaban J connectivity index is 1.87. The number of benzene rings is 1. The maximum atomic E-state index is 10.2. The summed E-state index contributed by atoms with van der Waals surface area (Å²) in [5.41, 5.74) is 3.02. The van der Waals surface area contributed by atoms with E-state index in [0.29, 0.717) is 6.61 Å². The molecule has 0 spiro atoms. The van der Waals surface area contributed by atoms with Crippen LogP contribution in [0.1, 0.15) is 36.4 Å². The Bertz CT molecular complexity index is 770. The van der Waals surface area contributed by atoms with Gasteiger partial charge >= 0.3 is 0 Å². The Morgan fingerprint density at radius 3 is 2.96 bits per heavy atom. The third-order valence-corrected chi connectivity index (χ3v) is 5.61. The molecule has 0 aliphatic heterocycles. The molecule has 0 amide bonds. The van der Waals surface area contributed by atoms with Crippen LogP contribution in [0, 0.1) is 0 Å². The molecule has 0 saturated carbocycles. The van der Waals surface area contributed by atoms with Gasteiger partial charge in [-0.2, -0.15) is 0 Å². The molecule has 1 aromatic carbocycles. The van der Waals surface area contributed by atoms with Gasteiger partial charge in [0.25, 0.3) is 0 Å². The fraction of sp³-hybridized carbons (Fsp3) is 0.450. The maximum Gasteiger partial charge on any atom is 0.189 e. The Morgan fingerprint density at radius 1 is 1.38 bits per heavy atom. The average Bonchev–Trinajstić information content (AvgIpc) is 3.07. The van der Waals surface area contributed by atoms with Crippen molar-refractivity contribution in [3.63, 3.8) is 0 Å². The van der Waals surface area contributed by atoms with Crippen molar-refractivity contribution < 1.29 is 14.6 Å². The van der Waals surface area contributed by atoms with Crippen LogP contribution < -0.4 is 9.64 Å². The second kappa shape index (κ2) is 8.66. The summed E-state index contributed by atoms with van der Waals surface area (Å²) in [7, 11) is 4.00.